The maximum Gasteiger partial charge on any atom is 0.341 e. The molecule has 1 aromatic carbocycles. The van der Waals surface area contributed by atoms with E-state index in [2.05, 4.69) is 16.0 Å². The molecule has 0 radical (unpaired) electrons. The second kappa shape index (κ2) is 11.0. The van der Waals surface area contributed by atoms with E-state index >= 15 is 0 Å². The lowest BCUT2D eigenvalue weighted by Crippen LogP contribution is -2.56. The van der Waals surface area contributed by atoms with E-state index in [0.29, 0.717) is 16.1 Å². The van der Waals surface area contributed by atoms with Crippen molar-refractivity contribution in [3.05, 3.63) is 51.9 Å². The average molecular weight is 535 g/mol. The van der Waals surface area contributed by atoms with E-state index in [-0.39, 0.29) is 11.7 Å². The predicted molar refractivity (Wildman–Crippen MR) is 134 cm³/mol. The molecule has 6 nitrogen and oxygen atoms in total. The first kappa shape index (κ1) is 25.1. The summed E-state index contributed by atoms with van der Waals surface area (Å²) in [4.78, 5) is 26.3. The molecular formula is C21H22Cl3N3O3S2. The zero-order valence-electron chi connectivity index (χ0n) is 17.2. The lowest BCUT2D eigenvalue weighted by atomic mass is 9.95. The van der Waals surface area contributed by atoms with E-state index in [4.69, 9.17) is 51.8 Å². The van der Waals surface area contributed by atoms with E-state index < -0.39 is 21.8 Å². The molecule has 1 aromatic heterocycles. The lowest BCUT2D eigenvalue weighted by molar-refractivity contribution is 0.0526. The summed E-state index contributed by atoms with van der Waals surface area (Å²) in [5.41, 5.74) is 1.90. The number of halogens is 3. The van der Waals surface area contributed by atoms with Crippen LogP contribution in [0.4, 0.5) is 5.00 Å². The number of alkyl halides is 3. The van der Waals surface area contributed by atoms with Gasteiger partial charge in [-0.2, -0.15) is 0 Å². The van der Waals surface area contributed by atoms with Crippen LogP contribution in [0.5, 0.6) is 0 Å². The summed E-state index contributed by atoms with van der Waals surface area (Å²) in [7, 11) is 0. The van der Waals surface area contributed by atoms with Crippen LogP contribution in [0.1, 0.15) is 50.9 Å². The van der Waals surface area contributed by atoms with Crippen molar-refractivity contribution in [3.63, 3.8) is 0 Å². The van der Waals surface area contributed by atoms with Crippen LogP contribution in [-0.4, -0.2) is 33.6 Å². The SMILES string of the molecule is CCOC(=O)c1c(NC(=S)N[C@H](NC(=O)c2ccccc2)C(Cl)(Cl)Cl)sc2c1CCCC2. The minimum atomic E-state index is -1.89. The molecule has 0 fully saturated rings. The highest BCUT2D eigenvalue weighted by Gasteiger charge is 2.35. The van der Waals surface area contributed by atoms with Crippen molar-refractivity contribution in [1.29, 1.82) is 0 Å². The van der Waals surface area contributed by atoms with Crippen LogP contribution in [0, 0.1) is 0 Å². The van der Waals surface area contributed by atoms with Crippen molar-refractivity contribution < 1.29 is 14.3 Å². The number of benzene rings is 1. The number of anilines is 1. The number of hydrogen-bond acceptors (Lipinski definition) is 5. The Morgan fingerprint density at radius 2 is 1.84 bits per heavy atom. The van der Waals surface area contributed by atoms with Crippen molar-refractivity contribution in [2.24, 2.45) is 0 Å². The quantitative estimate of drug-likeness (QED) is 0.204. The molecule has 1 aliphatic carbocycles. The van der Waals surface area contributed by atoms with Gasteiger partial charge in [-0.05, 0) is 62.5 Å². The molecule has 0 unspecified atom stereocenters. The number of amides is 1. The second-order valence-corrected chi connectivity index (χ2v) is 10.9. The van der Waals surface area contributed by atoms with Crippen LogP contribution in [0.2, 0.25) is 0 Å². The number of fused-ring (bicyclic) bond motifs is 1. The smallest absolute Gasteiger partial charge is 0.341 e. The molecule has 3 rings (SSSR count). The molecule has 0 bridgehead atoms. The van der Waals surface area contributed by atoms with Gasteiger partial charge < -0.3 is 20.7 Å². The summed E-state index contributed by atoms with van der Waals surface area (Å²) in [6.45, 7) is 2.03. The highest BCUT2D eigenvalue weighted by molar-refractivity contribution is 7.80. The third-order valence-electron chi connectivity index (χ3n) is 4.79. The second-order valence-electron chi connectivity index (χ2n) is 7.05. The topological polar surface area (TPSA) is 79.5 Å². The molecule has 2 aromatic rings. The molecule has 32 heavy (non-hydrogen) atoms. The Balaban J connectivity index is 1.77. The van der Waals surface area contributed by atoms with Gasteiger partial charge in [0.2, 0.25) is 3.79 Å². The molecule has 3 N–H and O–H groups in total. The summed E-state index contributed by atoms with van der Waals surface area (Å²) < 4.78 is 3.36. The largest absolute Gasteiger partial charge is 0.462 e. The Hall–Kier alpha value is -1.58. The molecule has 0 aliphatic heterocycles. The third kappa shape index (κ3) is 6.26. The highest BCUT2D eigenvalue weighted by atomic mass is 35.6. The number of ether oxygens (including phenoxy) is 1. The van der Waals surface area contributed by atoms with Gasteiger partial charge in [0.1, 0.15) is 11.2 Å². The van der Waals surface area contributed by atoms with Crippen molar-refractivity contribution in [2.45, 2.75) is 42.6 Å². The Kier molecular flexibility index (Phi) is 8.63. The van der Waals surface area contributed by atoms with Gasteiger partial charge in [0, 0.05) is 10.4 Å². The first-order chi connectivity index (χ1) is 15.2. The fourth-order valence-electron chi connectivity index (χ4n) is 3.35. The van der Waals surface area contributed by atoms with Gasteiger partial charge in [0.15, 0.2) is 5.11 Å². The minimum Gasteiger partial charge on any atom is -0.462 e. The molecular weight excluding hydrogens is 513 g/mol. The fourth-order valence-corrected chi connectivity index (χ4v) is 5.24. The van der Waals surface area contributed by atoms with Gasteiger partial charge >= 0.3 is 5.97 Å². The van der Waals surface area contributed by atoms with Crippen LogP contribution < -0.4 is 16.0 Å². The summed E-state index contributed by atoms with van der Waals surface area (Å²) in [6, 6.07) is 8.54. The number of aryl methyl sites for hydroxylation is 1. The van der Waals surface area contributed by atoms with Crippen molar-refractivity contribution in [1.82, 2.24) is 10.6 Å². The highest BCUT2D eigenvalue weighted by Crippen LogP contribution is 2.38. The van der Waals surface area contributed by atoms with Gasteiger partial charge in [-0.1, -0.05) is 53.0 Å². The van der Waals surface area contributed by atoms with Gasteiger partial charge in [-0.25, -0.2) is 4.79 Å². The normalized spacial score (nSPS) is 14.1. The van der Waals surface area contributed by atoms with E-state index in [1.54, 1.807) is 37.3 Å². The van der Waals surface area contributed by atoms with Gasteiger partial charge in [0.05, 0.1) is 12.2 Å². The zero-order chi connectivity index (χ0) is 23.3. The first-order valence-electron chi connectivity index (χ1n) is 10.0. The van der Waals surface area contributed by atoms with Crippen LogP contribution in [-0.2, 0) is 17.6 Å². The molecule has 0 saturated heterocycles. The molecule has 1 aliphatic rings. The number of rotatable bonds is 6. The van der Waals surface area contributed by atoms with E-state index in [1.807, 2.05) is 0 Å². The molecule has 1 atom stereocenters. The molecule has 1 amide bonds. The van der Waals surface area contributed by atoms with E-state index in [9.17, 15) is 9.59 Å². The summed E-state index contributed by atoms with van der Waals surface area (Å²) >= 11 is 25.1. The number of nitrogens with one attached hydrogen (secondary N) is 3. The fraction of sp³-hybridized carbons (Fsp3) is 0.381. The number of carbonyl (C=O) groups is 2. The van der Waals surface area contributed by atoms with Crippen molar-refractivity contribution in [3.8, 4) is 0 Å². The predicted octanol–water partition coefficient (Wildman–Crippen LogP) is 5.22. The number of thiocarbonyl (C=S) groups is 1. The van der Waals surface area contributed by atoms with Crippen LogP contribution in [0.15, 0.2) is 30.3 Å². The summed E-state index contributed by atoms with van der Waals surface area (Å²) in [5.74, 6) is -0.830. The molecule has 0 saturated carbocycles. The molecule has 0 spiro atoms. The summed E-state index contributed by atoms with van der Waals surface area (Å²) in [6.07, 6.45) is 2.67. The first-order valence-corrected chi connectivity index (χ1v) is 12.4. The number of carbonyl (C=O) groups excluding carboxylic acids is 2. The number of esters is 1. The zero-order valence-corrected chi connectivity index (χ0v) is 21.1. The van der Waals surface area contributed by atoms with E-state index in [0.717, 1.165) is 36.1 Å². The van der Waals surface area contributed by atoms with Gasteiger partial charge in [0.25, 0.3) is 5.91 Å². The summed E-state index contributed by atoms with van der Waals surface area (Å²) in [5, 5.41) is 9.17. The Morgan fingerprint density at radius 1 is 1.16 bits per heavy atom. The molecule has 11 heteroatoms. The van der Waals surface area contributed by atoms with Crippen LogP contribution in [0.3, 0.4) is 0 Å². The van der Waals surface area contributed by atoms with Crippen LogP contribution in [0.25, 0.3) is 0 Å². The molecule has 1 heterocycles. The standard InChI is InChI=1S/C21H22Cl3N3O3S2/c1-2-30-18(29)15-13-10-6-7-11-14(13)32-17(15)26-20(31)27-19(21(22,23)24)25-16(28)12-8-4-3-5-9-12/h3-5,8-9,19H,2,6-7,10-11H2,1H3,(H,25,28)(H2,26,27,31)/t19-/m0/s1. The number of thiophene rings is 1. The van der Waals surface area contributed by atoms with Crippen molar-refractivity contribution >= 4 is 80.3 Å². The Bertz CT molecular complexity index is 993. The number of hydrogen-bond donors (Lipinski definition) is 3. The Labute approximate surface area is 210 Å². The van der Waals surface area contributed by atoms with Crippen LogP contribution >= 0.6 is 58.4 Å². The molecule has 172 valence electrons. The van der Waals surface area contributed by atoms with Gasteiger partial charge in [-0.15, -0.1) is 11.3 Å². The van der Waals surface area contributed by atoms with Crippen molar-refractivity contribution in [2.75, 3.05) is 11.9 Å². The lowest BCUT2D eigenvalue weighted by Gasteiger charge is -2.27. The monoisotopic (exact) mass is 533 g/mol. The van der Waals surface area contributed by atoms with E-state index in [1.165, 1.54) is 11.3 Å². The third-order valence-corrected chi connectivity index (χ3v) is 6.87. The maximum absolute atomic E-state index is 12.6. The Morgan fingerprint density at radius 3 is 2.50 bits per heavy atom. The maximum atomic E-state index is 12.6. The average Bonchev–Trinajstić information content (AvgIpc) is 3.11. The van der Waals surface area contributed by atoms with Gasteiger partial charge in [-0.3, -0.25) is 4.79 Å². The minimum absolute atomic E-state index is 0.0961.